The first-order chi connectivity index (χ1) is 12.3. The number of benzene rings is 1. The molecule has 2 saturated heterocycles. The van der Waals surface area contributed by atoms with Crippen molar-refractivity contribution in [3.8, 4) is 0 Å². The van der Waals surface area contributed by atoms with Gasteiger partial charge < -0.3 is 14.4 Å². The lowest BCUT2D eigenvalue weighted by Gasteiger charge is -2.30. The van der Waals surface area contributed by atoms with E-state index < -0.39 is 0 Å². The zero-order valence-electron chi connectivity index (χ0n) is 15.0. The van der Waals surface area contributed by atoms with E-state index in [0.29, 0.717) is 11.8 Å². The van der Waals surface area contributed by atoms with Crippen molar-refractivity contribution >= 4 is 5.91 Å². The molecule has 4 rings (SSSR count). The Hall–Kier alpha value is -1.39. The molecule has 1 aromatic rings. The van der Waals surface area contributed by atoms with Gasteiger partial charge in [0.2, 0.25) is 0 Å². The zero-order chi connectivity index (χ0) is 17.1. The van der Waals surface area contributed by atoms with Gasteiger partial charge in [0.25, 0.3) is 5.91 Å². The van der Waals surface area contributed by atoms with Gasteiger partial charge in [-0.1, -0.05) is 24.6 Å². The Morgan fingerprint density at radius 2 is 2.00 bits per heavy atom. The molecule has 136 valence electrons. The molecule has 0 radical (unpaired) electrons. The maximum absolute atomic E-state index is 12.8. The Balaban J connectivity index is 1.36. The Morgan fingerprint density at radius 1 is 1.20 bits per heavy atom. The van der Waals surface area contributed by atoms with Gasteiger partial charge in [0, 0.05) is 43.9 Å². The SMILES string of the molecule is O=C(c1ccccc1)N1C[C@H]2CCC[C@@]2(COCC2CCOCC2)C1. The molecule has 2 heterocycles. The van der Waals surface area contributed by atoms with E-state index in [2.05, 4.69) is 4.90 Å². The number of carbonyl (C=O) groups excluding carboxylic acids is 1. The fraction of sp³-hybridized carbons (Fsp3) is 0.667. The standard InChI is InChI=1S/C21H29NO3/c23-20(18-5-2-1-3-6-18)22-13-19-7-4-10-21(19,15-22)16-25-14-17-8-11-24-12-9-17/h1-3,5-6,17,19H,4,7-16H2/t19-,21+/m1/s1. The minimum atomic E-state index is 0.179. The molecule has 0 bridgehead atoms. The van der Waals surface area contributed by atoms with Crippen molar-refractivity contribution in [1.82, 2.24) is 4.90 Å². The molecule has 4 nitrogen and oxygen atoms in total. The van der Waals surface area contributed by atoms with Crippen LogP contribution in [0.3, 0.4) is 0 Å². The molecular formula is C21H29NO3. The third kappa shape index (κ3) is 3.61. The molecule has 0 spiro atoms. The quantitative estimate of drug-likeness (QED) is 0.823. The molecule has 2 aliphatic heterocycles. The summed E-state index contributed by atoms with van der Waals surface area (Å²) in [6.45, 7) is 5.17. The minimum Gasteiger partial charge on any atom is -0.381 e. The number of amides is 1. The number of ether oxygens (including phenoxy) is 2. The summed E-state index contributed by atoms with van der Waals surface area (Å²) in [6, 6.07) is 9.68. The summed E-state index contributed by atoms with van der Waals surface area (Å²) in [4.78, 5) is 14.9. The predicted molar refractivity (Wildman–Crippen MR) is 96.5 cm³/mol. The summed E-state index contributed by atoms with van der Waals surface area (Å²) in [5.74, 6) is 1.43. The Labute approximate surface area is 150 Å². The first-order valence-electron chi connectivity index (χ1n) is 9.77. The number of nitrogens with zero attached hydrogens (tertiary/aromatic N) is 1. The van der Waals surface area contributed by atoms with Crippen LogP contribution in [0.4, 0.5) is 0 Å². The fourth-order valence-corrected chi connectivity index (χ4v) is 4.91. The predicted octanol–water partition coefficient (Wildman–Crippen LogP) is 3.37. The van der Waals surface area contributed by atoms with Crippen LogP contribution in [0.2, 0.25) is 0 Å². The average Bonchev–Trinajstić information content (AvgIpc) is 3.20. The van der Waals surface area contributed by atoms with E-state index >= 15 is 0 Å². The molecule has 0 unspecified atom stereocenters. The Kier molecular flexibility index (Phi) is 5.09. The molecule has 1 aromatic carbocycles. The van der Waals surface area contributed by atoms with Crippen LogP contribution < -0.4 is 0 Å². The van der Waals surface area contributed by atoms with E-state index in [1.165, 1.54) is 19.3 Å². The van der Waals surface area contributed by atoms with Gasteiger partial charge in [0.15, 0.2) is 0 Å². The lowest BCUT2D eigenvalue weighted by atomic mass is 9.81. The highest BCUT2D eigenvalue weighted by molar-refractivity contribution is 5.94. The van der Waals surface area contributed by atoms with Crippen LogP contribution in [0.15, 0.2) is 30.3 Å². The lowest BCUT2D eigenvalue weighted by molar-refractivity contribution is -0.0123. The van der Waals surface area contributed by atoms with E-state index in [1.54, 1.807) is 0 Å². The summed E-state index contributed by atoms with van der Waals surface area (Å²) in [5.41, 5.74) is 0.996. The third-order valence-corrected chi connectivity index (χ3v) is 6.43. The summed E-state index contributed by atoms with van der Waals surface area (Å²) in [7, 11) is 0. The maximum Gasteiger partial charge on any atom is 0.253 e. The number of hydrogen-bond donors (Lipinski definition) is 0. The van der Waals surface area contributed by atoms with E-state index in [0.717, 1.165) is 57.9 Å². The highest BCUT2D eigenvalue weighted by Crippen LogP contribution is 2.49. The molecule has 1 aliphatic carbocycles. The maximum atomic E-state index is 12.8. The van der Waals surface area contributed by atoms with Gasteiger partial charge in [-0.25, -0.2) is 0 Å². The average molecular weight is 343 g/mol. The van der Waals surface area contributed by atoms with Gasteiger partial charge >= 0.3 is 0 Å². The molecular weight excluding hydrogens is 314 g/mol. The molecule has 1 amide bonds. The van der Waals surface area contributed by atoms with Crippen molar-refractivity contribution in [2.75, 3.05) is 39.5 Å². The monoisotopic (exact) mass is 343 g/mol. The van der Waals surface area contributed by atoms with Gasteiger partial charge in [-0.3, -0.25) is 4.79 Å². The highest BCUT2D eigenvalue weighted by Gasteiger charge is 2.50. The highest BCUT2D eigenvalue weighted by atomic mass is 16.5. The van der Waals surface area contributed by atoms with Gasteiger partial charge in [-0.05, 0) is 49.7 Å². The van der Waals surface area contributed by atoms with Gasteiger partial charge in [0.05, 0.1) is 6.61 Å². The number of carbonyl (C=O) groups is 1. The van der Waals surface area contributed by atoms with E-state index in [4.69, 9.17) is 9.47 Å². The lowest BCUT2D eigenvalue weighted by Crippen LogP contribution is -2.35. The smallest absolute Gasteiger partial charge is 0.253 e. The zero-order valence-corrected chi connectivity index (χ0v) is 15.0. The molecule has 1 saturated carbocycles. The van der Waals surface area contributed by atoms with Crippen molar-refractivity contribution in [1.29, 1.82) is 0 Å². The van der Waals surface area contributed by atoms with Crippen molar-refractivity contribution < 1.29 is 14.3 Å². The van der Waals surface area contributed by atoms with Crippen LogP contribution in [-0.4, -0.2) is 50.3 Å². The second kappa shape index (κ2) is 7.46. The Bertz CT molecular complexity index is 584. The second-order valence-corrected chi connectivity index (χ2v) is 8.07. The van der Waals surface area contributed by atoms with E-state index in [1.807, 2.05) is 30.3 Å². The van der Waals surface area contributed by atoms with Gasteiger partial charge in [0.1, 0.15) is 0 Å². The van der Waals surface area contributed by atoms with E-state index in [-0.39, 0.29) is 11.3 Å². The molecule has 25 heavy (non-hydrogen) atoms. The van der Waals surface area contributed by atoms with Crippen LogP contribution in [0.5, 0.6) is 0 Å². The van der Waals surface area contributed by atoms with E-state index in [9.17, 15) is 4.79 Å². The number of hydrogen-bond acceptors (Lipinski definition) is 3. The molecule has 3 aliphatic rings. The summed E-state index contributed by atoms with van der Waals surface area (Å²) in [6.07, 6.45) is 5.95. The van der Waals surface area contributed by atoms with Crippen LogP contribution in [-0.2, 0) is 9.47 Å². The summed E-state index contributed by atoms with van der Waals surface area (Å²) in [5, 5.41) is 0. The molecule has 2 atom stereocenters. The van der Waals surface area contributed by atoms with Crippen LogP contribution in [0.1, 0.15) is 42.5 Å². The largest absolute Gasteiger partial charge is 0.381 e. The van der Waals surface area contributed by atoms with Crippen LogP contribution in [0, 0.1) is 17.3 Å². The van der Waals surface area contributed by atoms with Crippen LogP contribution >= 0.6 is 0 Å². The van der Waals surface area contributed by atoms with Crippen molar-refractivity contribution in [2.24, 2.45) is 17.3 Å². The van der Waals surface area contributed by atoms with Crippen molar-refractivity contribution in [3.63, 3.8) is 0 Å². The number of rotatable bonds is 5. The van der Waals surface area contributed by atoms with Crippen LogP contribution in [0.25, 0.3) is 0 Å². The van der Waals surface area contributed by atoms with Crippen molar-refractivity contribution in [2.45, 2.75) is 32.1 Å². The fourth-order valence-electron chi connectivity index (χ4n) is 4.91. The molecule has 0 aromatic heterocycles. The first-order valence-corrected chi connectivity index (χ1v) is 9.77. The Morgan fingerprint density at radius 3 is 2.80 bits per heavy atom. The normalized spacial score (nSPS) is 29.8. The van der Waals surface area contributed by atoms with Gasteiger partial charge in [-0.2, -0.15) is 0 Å². The number of fused-ring (bicyclic) bond motifs is 1. The number of likely N-dealkylation sites (tertiary alicyclic amines) is 1. The van der Waals surface area contributed by atoms with Gasteiger partial charge in [-0.15, -0.1) is 0 Å². The molecule has 3 fully saturated rings. The third-order valence-electron chi connectivity index (χ3n) is 6.43. The topological polar surface area (TPSA) is 38.8 Å². The molecule has 4 heteroatoms. The first kappa shape index (κ1) is 17.0. The minimum absolute atomic E-state index is 0.179. The van der Waals surface area contributed by atoms with Crippen molar-refractivity contribution in [3.05, 3.63) is 35.9 Å². The summed E-state index contributed by atoms with van der Waals surface area (Å²) >= 11 is 0. The summed E-state index contributed by atoms with van der Waals surface area (Å²) < 4.78 is 11.6. The second-order valence-electron chi connectivity index (χ2n) is 8.07. The molecule has 0 N–H and O–H groups in total.